The number of esters is 1. The van der Waals surface area contributed by atoms with Crippen molar-refractivity contribution in [2.75, 3.05) is 0 Å². The Kier molecular flexibility index (Phi) is 12.3. The van der Waals surface area contributed by atoms with Gasteiger partial charge >= 0.3 is 5.97 Å². The third-order valence-electron chi connectivity index (χ3n) is 5.84. The number of ether oxygens (including phenoxy) is 1. The number of phenolic OH excluding ortho intramolecular Hbond substituents is 1. The van der Waals surface area contributed by atoms with Crippen LogP contribution in [0.5, 0.6) is 5.75 Å². The number of unbranched alkanes of at least 4 members (excludes halogenated alkanes) is 2. The number of phenols is 1. The number of hydrogen-bond acceptors (Lipinski definition) is 5. The maximum absolute atomic E-state index is 11.3. The lowest BCUT2D eigenvalue weighted by Gasteiger charge is -2.19. The lowest BCUT2D eigenvalue weighted by molar-refractivity contribution is -0.146. The van der Waals surface area contributed by atoms with Gasteiger partial charge in [-0.05, 0) is 88.3 Å². The van der Waals surface area contributed by atoms with Crippen molar-refractivity contribution in [2.45, 2.75) is 93.6 Å². The maximum atomic E-state index is 11.3. The Morgan fingerprint density at radius 3 is 2.18 bits per heavy atom. The molecule has 5 nitrogen and oxygen atoms in total. The second-order valence-corrected chi connectivity index (χ2v) is 8.81. The van der Waals surface area contributed by atoms with Gasteiger partial charge in [0, 0.05) is 18.2 Å². The zero-order valence-corrected chi connectivity index (χ0v) is 22.1. The molecule has 0 spiro atoms. The zero-order chi connectivity index (χ0) is 25.8. The molecule has 0 saturated carbocycles. The molecule has 1 N–H and O–H groups in total. The number of aromatic hydroxyl groups is 1. The van der Waals surface area contributed by atoms with Gasteiger partial charge in [0.05, 0.1) is 0 Å². The number of aliphatic imine (C=N–C) groups is 1. The van der Waals surface area contributed by atoms with Gasteiger partial charge in [-0.3, -0.25) is 14.6 Å². The Morgan fingerprint density at radius 1 is 0.971 bits per heavy atom. The van der Waals surface area contributed by atoms with E-state index < -0.39 is 0 Å². The standard InChI is InChI=1S/C19H29NO3.C10H12O/c1-6-8-9-10-13(3)20-19-14(4)16(11-12-17(19)22)18(7-2)23-15(5)21;1-7-4-5-10(9(3)11)6-8(7)2/h11-12,18,22H,6-10H2,1-5H3;4-6H,1-3H3. The van der Waals surface area contributed by atoms with Crippen molar-refractivity contribution >= 4 is 23.2 Å². The molecule has 1 unspecified atom stereocenters. The first-order valence-corrected chi connectivity index (χ1v) is 12.1. The minimum Gasteiger partial charge on any atom is -0.506 e. The van der Waals surface area contributed by atoms with Crippen LogP contribution >= 0.6 is 0 Å². The Balaban J connectivity index is 0.000000437. The van der Waals surface area contributed by atoms with Crippen molar-refractivity contribution in [3.63, 3.8) is 0 Å². The first-order valence-electron chi connectivity index (χ1n) is 12.1. The van der Waals surface area contributed by atoms with E-state index >= 15 is 0 Å². The van der Waals surface area contributed by atoms with Crippen LogP contribution in [0, 0.1) is 20.8 Å². The summed E-state index contributed by atoms with van der Waals surface area (Å²) in [5.74, 6) is -0.00279. The van der Waals surface area contributed by atoms with Crippen molar-refractivity contribution in [1.82, 2.24) is 0 Å². The van der Waals surface area contributed by atoms with Crippen LogP contribution in [0.1, 0.15) is 105 Å². The summed E-state index contributed by atoms with van der Waals surface area (Å²) < 4.78 is 5.38. The predicted octanol–water partition coefficient (Wildman–Crippen LogP) is 7.89. The minimum atomic E-state index is -0.303. The van der Waals surface area contributed by atoms with Gasteiger partial charge in [-0.2, -0.15) is 0 Å². The molecule has 0 aliphatic rings. The summed E-state index contributed by atoms with van der Waals surface area (Å²) in [4.78, 5) is 26.8. The van der Waals surface area contributed by atoms with E-state index in [0.717, 1.165) is 35.2 Å². The number of benzene rings is 2. The van der Waals surface area contributed by atoms with Crippen molar-refractivity contribution in [3.05, 3.63) is 58.1 Å². The second-order valence-electron chi connectivity index (χ2n) is 8.81. The Labute approximate surface area is 205 Å². The predicted molar refractivity (Wildman–Crippen MR) is 140 cm³/mol. The van der Waals surface area contributed by atoms with E-state index in [1.54, 1.807) is 13.0 Å². The molecule has 34 heavy (non-hydrogen) atoms. The molecule has 2 aromatic carbocycles. The van der Waals surface area contributed by atoms with E-state index in [4.69, 9.17) is 4.74 Å². The van der Waals surface area contributed by atoms with Crippen molar-refractivity contribution in [2.24, 2.45) is 4.99 Å². The zero-order valence-electron chi connectivity index (χ0n) is 22.1. The number of rotatable bonds is 9. The summed E-state index contributed by atoms with van der Waals surface area (Å²) in [7, 11) is 0. The number of carbonyl (C=O) groups excluding carboxylic acids is 2. The maximum Gasteiger partial charge on any atom is 0.303 e. The highest BCUT2D eigenvalue weighted by molar-refractivity contribution is 5.94. The van der Waals surface area contributed by atoms with Crippen LogP contribution in [0.25, 0.3) is 0 Å². The van der Waals surface area contributed by atoms with E-state index in [0.29, 0.717) is 12.1 Å². The first-order chi connectivity index (χ1) is 16.0. The van der Waals surface area contributed by atoms with E-state index in [9.17, 15) is 14.7 Å². The average Bonchev–Trinajstić information content (AvgIpc) is 2.77. The highest BCUT2D eigenvalue weighted by atomic mass is 16.5. The van der Waals surface area contributed by atoms with Crippen LogP contribution in [-0.2, 0) is 9.53 Å². The van der Waals surface area contributed by atoms with Gasteiger partial charge in [0.25, 0.3) is 0 Å². The molecule has 0 fully saturated rings. The Bertz CT molecular complexity index is 1010. The highest BCUT2D eigenvalue weighted by Crippen LogP contribution is 2.37. The number of ketones is 1. The monoisotopic (exact) mass is 467 g/mol. The second kappa shape index (κ2) is 14.3. The smallest absolute Gasteiger partial charge is 0.303 e. The largest absolute Gasteiger partial charge is 0.506 e. The molecule has 0 aliphatic carbocycles. The van der Waals surface area contributed by atoms with E-state index in [1.807, 2.05) is 58.9 Å². The van der Waals surface area contributed by atoms with Crippen LogP contribution in [-0.4, -0.2) is 22.6 Å². The number of Topliss-reactive ketones (excluding diaryl/α,β-unsaturated/α-hetero) is 1. The van der Waals surface area contributed by atoms with E-state index in [-0.39, 0.29) is 23.6 Å². The fourth-order valence-electron chi connectivity index (χ4n) is 3.60. The van der Waals surface area contributed by atoms with Gasteiger partial charge < -0.3 is 9.84 Å². The summed E-state index contributed by atoms with van der Waals surface area (Å²) in [6.07, 6.45) is 4.77. The Morgan fingerprint density at radius 2 is 1.65 bits per heavy atom. The quantitative estimate of drug-likeness (QED) is 0.176. The number of carbonyl (C=O) groups is 2. The van der Waals surface area contributed by atoms with Crippen LogP contribution in [0.2, 0.25) is 0 Å². The lowest BCUT2D eigenvalue weighted by Crippen LogP contribution is -2.09. The molecule has 1 atom stereocenters. The fraction of sp³-hybridized carbons (Fsp3) is 0.483. The molecular formula is C29H41NO4. The molecule has 0 aromatic heterocycles. The van der Waals surface area contributed by atoms with Crippen LogP contribution in [0.4, 0.5) is 5.69 Å². The minimum absolute atomic E-state index is 0.133. The van der Waals surface area contributed by atoms with Gasteiger partial charge in [0.15, 0.2) is 5.78 Å². The van der Waals surface area contributed by atoms with Gasteiger partial charge in [0.2, 0.25) is 0 Å². The van der Waals surface area contributed by atoms with Crippen molar-refractivity contribution < 1.29 is 19.4 Å². The van der Waals surface area contributed by atoms with Crippen LogP contribution < -0.4 is 0 Å². The molecule has 0 amide bonds. The van der Waals surface area contributed by atoms with Crippen molar-refractivity contribution in [3.8, 4) is 5.75 Å². The fourth-order valence-corrected chi connectivity index (χ4v) is 3.60. The lowest BCUT2D eigenvalue weighted by atomic mass is 9.99. The van der Waals surface area contributed by atoms with Gasteiger partial charge in [-0.15, -0.1) is 0 Å². The molecule has 5 heteroatoms. The summed E-state index contributed by atoms with van der Waals surface area (Å²) in [5.41, 5.74) is 6.57. The molecule has 0 aliphatic heterocycles. The number of nitrogens with zero attached hydrogens (tertiary/aromatic N) is 1. The molecule has 186 valence electrons. The molecule has 0 bridgehead atoms. The highest BCUT2D eigenvalue weighted by Gasteiger charge is 2.18. The molecule has 2 rings (SSSR count). The van der Waals surface area contributed by atoms with Crippen LogP contribution in [0.15, 0.2) is 35.3 Å². The first kappa shape index (κ1) is 29.1. The Hall–Kier alpha value is -2.95. The SMILES string of the molecule is CC(=O)c1ccc(C)c(C)c1.CCCCCC(C)=Nc1c(O)ccc(C(CC)OC(C)=O)c1C. The summed E-state index contributed by atoms with van der Waals surface area (Å²) in [6, 6.07) is 9.22. The average molecular weight is 468 g/mol. The molecule has 0 saturated heterocycles. The van der Waals surface area contributed by atoms with Gasteiger partial charge in [-0.25, -0.2) is 0 Å². The van der Waals surface area contributed by atoms with Crippen LogP contribution in [0.3, 0.4) is 0 Å². The molecule has 0 radical (unpaired) electrons. The summed E-state index contributed by atoms with van der Waals surface area (Å²) in [6.45, 7) is 15.1. The number of hydrogen-bond donors (Lipinski definition) is 1. The van der Waals surface area contributed by atoms with Crippen molar-refractivity contribution in [1.29, 1.82) is 0 Å². The molecular weight excluding hydrogens is 426 g/mol. The van der Waals surface area contributed by atoms with E-state index in [1.165, 1.54) is 30.9 Å². The molecule has 2 aromatic rings. The summed E-state index contributed by atoms with van der Waals surface area (Å²) in [5, 5.41) is 10.2. The van der Waals surface area contributed by atoms with E-state index in [2.05, 4.69) is 11.9 Å². The third kappa shape index (κ3) is 9.12. The summed E-state index contributed by atoms with van der Waals surface area (Å²) >= 11 is 0. The molecule has 0 heterocycles. The third-order valence-corrected chi connectivity index (χ3v) is 5.84. The topological polar surface area (TPSA) is 76.0 Å². The number of aryl methyl sites for hydroxylation is 2. The normalized spacial score (nSPS) is 11.9. The van der Waals surface area contributed by atoms with Gasteiger partial charge in [-0.1, -0.05) is 44.9 Å². The van der Waals surface area contributed by atoms with Gasteiger partial charge in [0.1, 0.15) is 17.5 Å².